The molecule has 1 unspecified atom stereocenters. The highest BCUT2D eigenvalue weighted by atomic mass is 32.2. The van der Waals surface area contributed by atoms with Crippen molar-refractivity contribution in [3.05, 3.63) is 35.4 Å². The van der Waals surface area contributed by atoms with Crippen LogP contribution in [-0.4, -0.2) is 54.2 Å². The molecule has 0 fully saturated rings. The van der Waals surface area contributed by atoms with Gasteiger partial charge in [0, 0.05) is 24.4 Å². The van der Waals surface area contributed by atoms with Gasteiger partial charge in [-0.15, -0.1) is 0 Å². The van der Waals surface area contributed by atoms with Crippen LogP contribution in [0.25, 0.3) is 0 Å². The number of rotatable bonds is 7. The predicted molar refractivity (Wildman–Crippen MR) is 85.2 cm³/mol. The zero-order valence-electron chi connectivity index (χ0n) is 12.6. The highest BCUT2D eigenvalue weighted by molar-refractivity contribution is 7.98. The molecule has 0 spiro atoms. The quantitative estimate of drug-likeness (QED) is 0.802. The van der Waals surface area contributed by atoms with E-state index in [4.69, 9.17) is 0 Å². The van der Waals surface area contributed by atoms with E-state index in [1.165, 1.54) is 0 Å². The molecular weight excluding hydrogens is 272 g/mol. The first-order valence-electron chi connectivity index (χ1n) is 6.57. The lowest BCUT2D eigenvalue weighted by Crippen LogP contribution is -2.42. The Hall–Kier alpha value is -1.04. The lowest BCUT2D eigenvalue weighted by molar-refractivity contribution is 0.0725. The van der Waals surface area contributed by atoms with Crippen LogP contribution >= 0.6 is 11.8 Å². The van der Waals surface area contributed by atoms with E-state index in [2.05, 4.69) is 10.2 Å². The molecule has 0 radical (unpaired) electrons. The first kappa shape index (κ1) is 17.0. The molecule has 1 atom stereocenters. The molecule has 2 N–H and O–H groups in total. The number of benzene rings is 1. The molecule has 1 rings (SSSR count). The van der Waals surface area contributed by atoms with Gasteiger partial charge in [0.05, 0.1) is 5.60 Å². The topological polar surface area (TPSA) is 52.6 Å². The van der Waals surface area contributed by atoms with Gasteiger partial charge in [0.25, 0.3) is 5.91 Å². The van der Waals surface area contributed by atoms with E-state index in [1.807, 2.05) is 38.6 Å². The van der Waals surface area contributed by atoms with Gasteiger partial charge in [-0.2, -0.15) is 11.8 Å². The molecule has 0 aliphatic heterocycles. The van der Waals surface area contributed by atoms with Gasteiger partial charge >= 0.3 is 0 Å². The van der Waals surface area contributed by atoms with E-state index in [0.29, 0.717) is 11.3 Å². The van der Waals surface area contributed by atoms with Gasteiger partial charge in [-0.1, -0.05) is 12.1 Å². The third-order valence-electron chi connectivity index (χ3n) is 2.77. The third kappa shape index (κ3) is 5.94. The van der Waals surface area contributed by atoms with Crippen LogP contribution in [0.4, 0.5) is 0 Å². The molecule has 1 aromatic rings. The van der Waals surface area contributed by atoms with E-state index < -0.39 is 5.60 Å². The Morgan fingerprint density at radius 1 is 1.45 bits per heavy atom. The molecule has 0 aromatic heterocycles. The average molecular weight is 296 g/mol. The zero-order chi connectivity index (χ0) is 15.2. The number of carbonyl (C=O) groups is 1. The van der Waals surface area contributed by atoms with Crippen LogP contribution in [0.15, 0.2) is 24.3 Å². The van der Waals surface area contributed by atoms with Crippen molar-refractivity contribution < 1.29 is 9.90 Å². The summed E-state index contributed by atoms with van der Waals surface area (Å²) in [5.74, 6) is 0.445. The maximum absolute atomic E-state index is 12.1. The second-order valence-corrected chi connectivity index (χ2v) is 6.42. The molecule has 1 amide bonds. The Labute approximate surface area is 125 Å². The Kier molecular flexibility index (Phi) is 6.52. The van der Waals surface area contributed by atoms with E-state index in [9.17, 15) is 9.90 Å². The predicted octanol–water partition coefficient (Wildman–Crippen LogP) is 1.59. The van der Waals surface area contributed by atoms with E-state index in [-0.39, 0.29) is 12.5 Å². The van der Waals surface area contributed by atoms with E-state index in [0.717, 1.165) is 12.1 Å². The van der Waals surface area contributed by atoms with Gasteiger partial charge in [-0.3, -0.25) is 4.79 Å². The van der Waals surface area contributed by atoms with Crippen LogP contribution in [-0.2, 0) is 6.54 Å². The van der Waals surface area contributed by atoms with Gasteiger partial charge in [-0.25, -0.2) is 0 Å². The van der Waals surface area contributed by atoms with Crippen molar-refractivity contribution in [1.29, 1.82) is 0 Å². The lowest BCUT2D eigenvalue weighted by atomic mass is 10.1. The minimum absolute atomic E-state index is 0.146. The van der Waals surface area contributed by atoms with Crippen LogP contribution in [0.2, 0.25) is 0 Å². The molecule has 5 heteroatoms. The van der Waals surface area contributed by atoms with Crippen LogP contribution in [0.5, 0.6) is 0 Å². The molecule has 1 aromatic carbocycles. The Balaban J connectivity index is 2.63. The molecule has 0 aliphatic carbocycles. The summed E-state index contributed by atoms with van der Waals surface area (Å²) in [4.78, 5) is 14.1. The Bertz CT molecular complexity index is 447. The SMILES string of the molecule is CSCC(C)(O)CNC(=O)c1cccc(CN(C)C)c1. The first-order chi connectivity index (χ1) is 9.34. The third-order valence-corrected chi connectivity index (χ3v) is 3.68. The fourth-order valence-corrected chi connectivity index (χ4v) is 2.63. The van der Waals surface area contributed by atoms with Crippen molar-refractivity contribution in [1.82, 2.24) is 10.2 Å². The molecular formula is C15H24N2O2S. The summed E-state index contributed by atoms with van der Waals surface area (Å²) in [6, 6.07) is 7.56. The van der Waals surface area contributed by atoms with Gasteiger partial charge in [0.15, 0.2) is 0 Å². The summed E-state index contributed by atoms with van der Waals surface area (Å²) in [7, 11) is 3.98. The monoisotopic (exact) mass is 296 g/mol. The van der Waals surface area contributed by atoms with E-state index >= 15 is 0 Å². The smallest absolute Gasteiger partial charge is 0.251 e. The van der Waals surface area contributed by atoms with Crippen LogP contribution in [0.1, 0.15) is 22.8 Å². The van der Waals surface area contributed by atoms with Crippen molar-refractivity contribution >= 4 is 17.7 Å². The summed E-state index contributed by atoms with van der Waals surface area (Å²) in [5.41, 5.74) is 0.846. The van der Waals surface area contributed by atoms with Gasteiger partial charge in [-0.05, 0) is 45.0 Å². The standard InChI is InChI=1S/C15H24N2O2S/c1-15(19,11-20-4)10-16-14(18)13-7-5-6-12(8-13)9-17(2)3/h5-8,19H,9-11H2,1-4H3,(H,16,18). The molecule has 0 bridgehead atoms. The summed E-state index contributed by atoms with van der Waals surface area (Å²) in [6.45, 7) is 2.78. The van der Waals surface area contributed by atoms with Crippen molar-refractivity contribution in [2.45, 2.75) is 19.1 Å². The number of amides is 1. The minimum atomic E-state index is -0.879. The summed E-state index contributed by atoms with van der Waals surface area (Å²) in [5, 5.41) is 12.8. The lowest BCUT2D eigenvalue weighted by Gasteiger charge is -2.22. The fourth-order valence-electron chi connectivity index (χ4n) is 1.91. The van der Waals surface area contributed by atoms with Crippen molar-refractivity contribution in [2.24, 2.45) is 0 Å². The molecule has 0 heterocycles. The van der Waals surface area contributed by atoms with Crippen LogP contribution in [0, 0.1) is 0 Å². The van der Waals surface area contributed by atoms with Gasteiger partial charge in [0.2, 0.25) is 0 Å². The van der Waals surface area contributed by atoms with Crippen LogP contribution < -0.4 is 5.32 Å². The highest BCUT2D eigenvalue weighted by Crippen LogP contribution is 2.10. The Morgan fingerprint density at radius 2 is 2.15 bits per heavy atom. The molecule has 4 nitrogen and oxygen atoms in total. The normalized spacial score (nSPS) is 14.1. The molecule has 112 valence electrons. The van der Waals surface area contributed by atoms with Crippen molar-refractivity contribution in [2.75, 3.05) is 32.6 Å². The number of nitrogens with zero attached hydrogens (tertiary/aromatic N) is 1. The van der Waals surface area contributed by atoms with Crippen LogP contribution in [0.3, 0.4) is 0 Å². The van der Waals surface area contributed by atoms with Gasteiger partial charge < -0.3 is 15.3 Å². The summed E-state index contributed by atoms with van der Waals surface area (Å²) < 4.78 is 0. The number of nitrogens with one attached hydrogen (secondary N) is 1. The van der Waals surface area contributed by atoms with Crippen molar-refractivity contribution in [3.63, 3.8) is 0 Å². The van der Waals surface area contributed by atoms with Gasteiger partial charge in [0.1, 0.15) is 0 Å². The maximum Gasteiger partial charge on any atom is 0.251 e. The molecule has 0 saturated carbocycles. The Morgan fingerprint density at radius 3 is 2.75 bits per heavy atom. The van der Waals surface area contributed by atoms with Crippen molar-refractivity contribution in [3.8, 4) is 0 Å². The average Bonchev–Trinajstić information content (AvgIpc) is 2.35. The summed E-state index contributed by atoms with van der Waals surface area (Å²) in [6.07, 6.45) is 1.93. The second-order valence-electron chi connectivity index (χ2n) is 5.55. The fraction of sp³-hybridized carbons (Fsp3) is 0.533. The number of aliphatic hydroxyl groups is 1. The largest absolute Gasteiger partial charge is 0.387 e. The highest BCUT2D eigenvalue weighted by Gasteiger charge is 2.20. The number of carbonyl (C=O) groups excluding carboxylic acids is 1. The summed E-state index contributed by atoms with van der Waals surface area (Å²) >= 11 is 1.56. The minimum Gasteiger partial charge on any atom is -0.387 e. The van der Waals surface area contributed by atoms with E-state index in [1.54, 1.807) is 24.8 Å². The maximum atomic E-state index is 12.1. The molecule has 20 heavy (non-hydrogen) atoms. The molecule has 0 saturated heterocycles. The first-order valence-corrected chi connectivity index (χ1v) is 7.96. The molecule has 0 aliphatic rings. The zero-order valence-corrected chi connectivity index (χ0v) is 13.5. The number of thioether (sulfide) groups is 1. The second kappa shape index (κ2) is 7.67. The number of hydrogen-bond acceptors (Lipinski definition) is 4. The number of hydrogen-bond donors (Lipinski definition) is 2.